The highest BCUT2D eigenvalue weighted by Gasteiger charge is 2.72. The molecule has 10 rings (SSSR count). The van der Waals surface area contributed by atoms with E-state index in [0.717, 1.165) is 32.1 Å². The summed E-state index contributed by atoms with van der Waals surface area (Å²) in [6.45, 7) is 12.1. The molecule has 0 aromatic carbocycles. The van der Waals surface area contributed by atoms with E-state index in [2.05, 4.69) is 20.8 Å². The lowest BCUT2D eigenvalue weighted by Crippen LogP contribution is -2.72. The van der Waals surface area contributed by atoms with Crippen molar-refractivity contribution in [3.05, 3.63) is 23.5 Å². The van der Waals surface area contributed by atoms with Crippen LogP contribution < -0.4 is 0 Å². The van der Waals surface area contributed by atoms with Crippen LogP contribution in [0.2, 0.25) is 0 Å². The molecule has 8 aliphatic heterocycles. The Kier molecular flexibility index (Phi) is 8.42. The molecule has 0 amide bonds. The first-order valence-electron chi connectivity index (χ1n) is 18.2. The molecular weight excluding hydrogens is 649 g/mol. The van der Waals surface area contributed by atoms with E-state index >= 15 is 0 Å². The highest BCUT2D eigenvalue weighted by Crippen LogP contribution is 2.63. The second-order valence-corrected chi connectivity index (χ2v) is 16.5. The first kappa shape index (κ1) is 34.8. The van der Waals surface area contributed by atoms with E-state index in [4.69, 9.17) is 48.0 Å². The Hall–Kier alpha value is -1.29. The number of halogens is 3. The van der Waals surface area contributed by atoms with E-state index < -0.39 is 59.0 Å². The van der Waals surface area contributed by atoms with E-state index in [1.807, 2.05) is 13.8 Å². The van der Waals surface area contributed by atoms with Gasteiger partial charge in [-0.25, -0.2) is 19.6 Å². The van der Waals surface area contributed by atoms with Gasteiger partial charge in [-0.3, -0.25) is 0 Å². The number of fused-ring (bicyclic) bond motifs is 4. The van der Waals surface area contributed by atoms with Crippen LogP contribution in [0.1, 0.15) is 92.9 Å². The van der Waals surface area contributed by atoms with E-state index in [-0.39, 0.29) is 55.0 Å². The summed E-state index contributed by atoms with van der Waals surface area (Å²) in [6, 6.07) is 0. The molecule has 2 aliphatic carbocycles. The number of hydrogen-bond donors (Lipinski definition) is 0. The molecule has 10 nitrogen and oxygen atoms in total. The van der Waals surface area contributed by atoms with Crippen LogP contribution >= 0.6 is 0 Å². The molecule has 276 valence electrons. The first-order chi connectivity index (χ1) is 23.1. The molecule has 9 fully saturated rings. The van der Waals surface area contributed by atoms with Gasteiger partial charge in [-0.05, 0) is 77.0 Å². The van der Waals surface area contributed by atoms with Crippen LogP contribution in [0.3, 0.4) is 0 Å². The third kappa shape index (κ3) is 5.30. The van der Waals surface area contributed by atoms with Crippen LogP contribution in [0.4, 0.5) is 13.2 Å². The van der Waals surface area contributed by atoms with Crippen molar-refractivity contribution in [3.63, 3.8) is 0 Å². The molecule has 4 bridgehead atoms. The van der Waals surface area contributed by atoms with Crippen LogP contribution in [0.15, 0.2) is 23.5 Å². The molecule has 2 spiro atoms. The van der Waals surface area contributed by atoms with Crippen LogP contribution in [0.25, 0.3) is 0 Å². The number of allylic oxidation sites excluding steroid dienone is 1. The summed E-state index contributed by atoms with van der Waals surface area (Å²) >= 11 is 0. The van der Waals surface area contributed by atoms with Crippen molar-refractivity contribution in [2.75, 3.05) is 19.8 Å². The lowest BCUT2D eigenvalue weighted by Gasteiger charge is -2.62. The van der Waals surface area contributed by atoms with Gasteiger partial charge >= 0.3 is 6.18 Å². The molecule has 2 saturated carbocycles. The van der Waals surface area contributed by atoms with Crippen LogP contribution in [0.5, 0.6) is 0 Å². The van der Waals surface area contributed by atoms with E-state index in [1.165, 1.54) is 0 Å². The molecular formula is C36H51F3O10. The largest absolute Gasteiger partial charge is 0.456 e. The standard InChI is InChI=1S/C36H51F3O10/c1-20-9-11-26-22(3)33(6,45-30-34(26)24(20)13-16-32(5,44-30)47-48-34)41-18-8-7-17-40-19-23-27-12-10-21(2)25-14-15-31(4)43-29(35(25,27)49-46-31)42-28(23)36(37,38)39/h7-8,20-22,24-27,29-30H,9-19H2,1-6H3/b8-7+/t20-,21-,22-,24?,25?,26+,27+,29-,30+,31-,32+,33+,34-,35-/m1/s1. The minimum atomic E-state index is -4.71. The summed E-state index contributed by atoms with van der Waals surface area (Å²) in [5, 5.41) is 0. The number of hydrogen-bond acceptors (Lipinski definition) is 10. The highest BCUT2D eigenvalue weighted by atomic mass is 19.4. The summed E-state index contributed by atoms with van der Waals surface area (Å²) in [5.41, 5.74) is -1.80. The van der Waals surface area contributed by atoms with Gasteiger partial charge in [0, 0.05) is 42.1 Å². The van der Waals surface area contributed by atoms with Crippen LogP contribution in [-0.4, -0.2) is 67.1 Å². The van der Waals surface area contributed by atoms with Crippen molar-refractivity contribution < 1.29 is 61.1 Å². The molecule has 0 aromatic rings. The van der Waals surface area contributed by atoms with Gasteiger partial charge in [0.2, 0.25) is 23.6 Å². The van der Waals surface area contributed by atoms with Crippen LogP contribution in [0, 0.1) is 41.4 Å². The van der Waals surface area contributed by atoms with Crippen molar-refractivity contribution in [1.29, 1.82) is 0 Å². The Morgan fingerprint density at radius 1 is 0.714 bits per heavy atom. The van der Waals surface area contributed by atoms with E-state index in [1.54, 1.807) is 19.1 Å². The van der Waals surface area contributed by atoms with Gasteiger partial charge in [-0.2, -0.15) is 13.2 Å². The van der Waals surface area contributed by atoms with Gasteiger partial charge in [0.25, 0.3) is 0 Å². The maximum atomic E-state index is 14.5. The Morgan fingerprint density at radius 3 is 2.02 bits per heavy atom. The predicted octanol–water partition coefficient (Wildman–Crippen LogP) is 7.24. The summed E-state index contributed by atoms with van der Waals surface area (Å²) in [6.07, 6.45) is 3.21. The average Bonchev–Trinajstić information content (AvgIpc) is 3.41. The summed E-state index contributed by atoms with van der Waals surface area (Å²) < 4.78 is 80.5. The molecule has 0 radical (unpaired) electrons. The Balaban J connectivity index is 0.934. The fourth-order valence-electron chi connectivity index (χ4n) is 10.7. The van der Waals surface area contributed by atoms with Crippen LogP contribution in [-0.2, 0) is 48.0 Å². The second-order valence-electron chi connectivity index (χ2n) is 16.5. The van der Waals surface area contributed by atoms with Crippen molar-refractivity contribution >= 4 is 0 Å². The summed E-state index contributed by atoms with van der Waals surface area (Å²) in [4.78, 5) is 24.0. The normalized spacial score (nSPS) is 52.0. The smallest absolute Gasteiger partial charge is 0.449 e. The fourth-order valence-corrected chi connectivity index (χ4v) is 10.7. The first-order valence-corrected chi connectivity index (χ1v) is 18.2. The minimum absolute atomic E-state index is 0.0147. The third-order valence-electron chi connectivity index (χ3n) is 13.6. The van der Waals surface area contributed by atoms with Gasteiger partial charge in [0.05, 0.1) is 19.8 Å². The molecule has 0 aromatic heterocycles. The van der Waals surface area contributed by atoms with Crippen molar-refractivity contribution in [2.45, 2.75) is 140 Å². The fraction of sp³-hybridized carbons (Fsp3) is 0.889. The maximum absolute atomic E-state index is 14.5. The van der Waals surface area contributed by atoms with Gasteiger partial charge in [0.15, 0.2) is 23.3 Å². The Morgan fingerprint density at radius 2 is 1.33 bits per heavy atom. The average molecular weight is 701 g/mol. The monoisotopic (exact) mass is 700 g/mol. The van der Waals surface area contributed by atoms with E-state index in [9.17, 15) is 13.2 Å². The van der Waals surface area contributed by atoms with E-state index in [0.29, 0.717) is 25.2 Å². The highest BCUT2D eigenvalue weighted by molar-refractivity contribution is 5.28. The Bertz CT molecular complexity index is 1360. The summed E-state index contributed by atoms with van der Waals surface area (Å²) in [5.74, 6) is -3.68. The number of rotatable bonds is 7. The quantitative estimate of drug-likeness (QED) is 0.154. The molecule has 49 heavy (non-hydrogen) atoms. The zero-order chi connectivity index (χ0) is 34.6. The van der Waals surface area contributed by atoms with Gasteiger partial charge in [-0.15, -0.1) is 0 Å². The Labute approximate surface area is 286 Å². The SMILES string of the molecule is C[C@@H]1CC[C@H]2C(COC/C=C/CO[C@@]3(C)O[C@@H]4O[C@]5(C)CCC6[C@H](C)CC[C@@H]([C@H]3C)[C@]64OO5)=C(C(F)(F)F)O[C@@H]3O[C@@]4(C)CCC1[C@]32OO4. The minimum Gasteiger partial charge on any atom is -0.456 e. The maximum Gasteiger partial charge on any atom is 0.449 e. The molecule has 2 unspecified atom stereocenters. The lowest BCUT2D eigenvalue weighted by atomic mass is 9.57. The van der Waals surface area contributed by atoms with Gasteiger partial charge < -0.3 is 28.4 Å². The molecule has 7 saturated heterocycles. The van der Waals surface area contributed by atoms with Crippen molar-refractivity contribution in [3.8, 4) is 0 Å². The molecule has 0 N–H and O–H groups in total. The molecule has 8 heterocycles. The number of ether oxygens (including phenoxy) is 6. The second kappa shape index (κ2) is 11.9. The topological polar surface area (TPSA) is 92.3 Å². The van der Waals surface area contributed by atoms with Crippen molar-refractivity contribution in [1.82, 2.24) is 0 Å². The molecule has 14 atom stereocenters. The predicted molar refractivity (Wildman–Crippen MR) is 164 cm³/mol. The van der Waals surface area contributed by atoms with Crippen molar-refractivity contribution in [2.24, 2.45) is 41.4 Å². The molecule has 13 heteroatoms. The third-order valence-corrected chi connectivity index (χ3v) is 13.6. The number of alkyl halides is 3. The zero-order valence-corrected chi connectivity index (χ0v) is 29.3. The zero-order valence-electron chi connectivity index (χ0n) is 29.3. The molecule has 10 aliphatic rings. The summed E-state index contributed by atoms with van der Waals surface area (Å²) in [7, 11) is 0. The van der Waals surface area contributed by atoms with Gasteiger partial charge in [-0.1, -0.05) is 32.9 Å². The lowest BCUT2D eigenvalue weighted by molar-refractivity contribution is -0.585. The van der Waals surface area contributed by atoms with Gasteiger partial charge in [0.1, 0.15) is 0 Å².